The zero-order valence-corrected chi connectivity index (χ0v) is 20.4. The molecule has 1 amide bonds. The number of rotatable bonds is 6. The molecular formula is C29H27N5O2. The zero-order chi connectivity index (χ0) is 25.2. The first-order valence-corrected chi connectivity index (χ1v) is 11.9. The number of hydrogen-bond acceptors (Lipinski definition) is 4. The van der Waals surface area contributed by atoms with Gasteiger partial charge in [0, 0.05) is 18.0 Å². The highest BCUT2D eigenvalue weighted by Gasteiger charge is 2.22. The first-order valence-electron chi connectivity index (χ1n) is 11.9. The molecule has 5 aromatic rings. The number of aromatic nitrogens is 3. The highest BCUT2D eigenvalue weighted by Crippen LogP contribution is 2.34. The fourth-order valence-electron chi connectivity index (χ4n) is 4.48. The predicted octanol–water partition coefficient (Wildman–Crippen LogP) is 5.59. The Kier molecular flexibility index (Phi) is 6.12. The number of nitrogens with zero attached hydrogens (tertiary/aromatic N) is 3. The summed E-state index contributed by atoms with van der Waals surface area (Å²) in [6, 6.07) is 26.3. The van der Waals surface area contributed by atoms with Gasteiger partial charge in [-0.05, 0) is 49.2 Å². The van der Waals surface area contributed by atoms with Crippen molar-refractivity contribution in [2.75, 3.05) is 10.6 Å². The maximum Gasteiger partial charge on any atom is 0.295 e. The molecule has 0 aliphatic heterocycles. The largest absolute Gasteiger partial charge is 0.346 e. The van der Waals surface area contributed by atoms with Crippen LogP contribution in [0.2, 0.25) is 0 Å². The normalized spacial score (nSPS) is 11.0. The second kappa shape index (κ2) is 9.54. The lowest BCUT2D eigenvalue weighted by Crippen LogP contribution is -2.21. The third kappa shape index (κ3) is 4.05. The SMILES string of the molecule is CCc1c(Nc2c(C)n(C)n(-c3ccccc3)c2=O)c(NC(=O)c2ccccc2)nc2ccccc12. The Hall–Kier alpha value is -4.65. The molecule has 0 atom stereocenters. The van der Waals surface area contributed by atoms with Crippen molar-refractivity contribution in [3.8, 4) is 5.69 Å². The van der Waals surface area contributed by atoms with E-state index in [-0.39, 0.29) is 11.5 Å². The van der Waals surface area contributed by atoms with Crippen LogP contribution in [0.25, 0.3) is 16.6 Å². The Labute approximate surface area is 209 Å². The van der Waals surface area contributed by atoms with Crippen LogP contribution in [-0.2, 0) is 13.5 Å². The van der Waals surface area contributed by atoms with Crippen molar-refractivity contribution in [1.29, 1.82) is 0 Å². The van der Waals surface area contributed by atoms with Crippen LogP contribution in [0.3, 0.4) is 0 Å². The number of aryl methyl sites for hydroxylation is 1. The van der Waals surface area contributed by atoms with E-state index < -0.39 is 0 Å². The van der Waals surface area contributed by atoms with E-state index in [1.54, 1.807) is 16.8 Å². The van der Waals surface area contributed by atoms with Gasteiger partial charge >= 0.3 is 0 Å². The molecule has 0 aliphatic rings. The molecule has 0 bridgehead atoms. The number of carbonyl (C=O) groups is 1. The van der Waals surface area contributed by atoms with Crippen LogP contribution in [0.15, 0.2) is 89.7 Å². The Bertz CT molecular complexity index is 1620. The third-order valence-electron chi connectivity index (χ3n) is 6.43. The Balaban J connectivity index is 1.67. The van der Waals surface area contributed by atoms with E-state index in [9.17, 15) is 9.59 Å². The maximum atomic E-state index is 13.6. The third-order valence-corrected chi connectivity index (χ3v) is 6.43. The summed E-state index contributed by atoms with van der Waals surface area (Å²) in [4.78, 5) is 31.5. The summed E-state index contributed by atoms with van der Waals surface area (Å²) in [5.41, 5.74) is 4.67. The highest BCUT2D eigenvalue weighted by molar-refractivity contribution is 6.07. The minimum absolute atomic E-state index is 0.184. The molecule has 180 valence electrons. The molecule has 2 heterocycles. The summed E-state index contributed by atoms with van der Waals surface area (Å²) in [6.07, 6.45) is 0.679. The van der Waals surface area contributed by atoms with Gasteiger partial charge in [-0.15, -0.1) is 0 Å². The molecule has 0 saturated carbocycles. The van der Waals surface area contributed by atoms with Crippen molar-refractivity contribution >= 4 is 34.0 Å². The predicted molar refractivity (Wildman–Crippen MR) is 145 cm³/mol. The summed E-state index contributed by atoms with van der Waals surface area (Å²) >= 11 is 0. The van der Waals surface area contributed by atoms with Gasteiger partial charge in [-0.3, -0.25) is 14.3 Å². The summed E-state index contributed by atoms with van der Waals surface area (Å²) in [5, 5.41) is 7.32. The molecule has 3 aromatic carbocycles. The standard InChI is InChI=1S/C29H27N5O2/c1-4-22-23-17-11-12-18-24(23)30-27(32-28(35)20-13-7-5-8-14-20)26(22)31-25-19(2)33(3)34(29(25)36)21-15-9-6-10-16-21/h5-18,31H,4H2,1-3H3,(H,30,32,35). The number of anilines is 3. The first-order chi connectivity index (χ1) is 17.5. The minimum Gasteiger partial charge on any atom is -0.346 e. The van der Waals surface area contributed by atoms with E-state index in [4.69, 9.17) is 4.98 Å². The fourth-order valence-corrected chi connectivity index (χ4v) is 4.48. The number of carbonyl (C=O) groups excluding carboxylic acids is 1. The molecule has 5 rings (SSSR count). The van der Waals surface area contributed by atoms with Gasteiger partial charge in [0.15, 0.2) is 5.82 Å². The summed E-state index contributed by atoms with van der Waals surface area (Å²) in [5.74, 6) is 0.114. The molecule has 0 spiro atoms. The van der Waals surface area contributed by atoms with Gasteiger partial charge in [-0.25, -0.2) is 9.67 Å². The molecule has 0 aliphatic carbocycles. The Morgan fingerprint density at radius 1 is 0.889 bits per heavy atom. The second-order valence-electron chi connectivity index (χ2n) is 8.57. The van der Waals surface area contributed by atoms with E-state index in [2.05, 4.69) is 17.6 Å². The molecule has 0 unspecified atom stereocenters. The first kappa shape index (κ1) is 23.1. The smallest absolute Gasteiger partial charge is 0.295 e. The zero-order valence-electron chi connectivity index (χ0n) is 20.4. The van der Waals surface area contributed by atoms with E-state index in [0.29, 0.717) is 29.2 Å². The van der Waals surface area contributed by atoms with Crippen LogP contribution < -0.4 is 16.2 Å². The molecule has 7 nitrogen and oxygen atoms in total. The van der Waals surface area contributed by atoms with Crippen LogP contribution in [0.1, 0.15) is 28.5 Å². The van der Waals surface area contributed by atoms with Gasteiger partial charge in [-0.1, -0.05) is 61.5 Å². The molecule has 36 heavy (non-hydrogen) atoms. The molecule has 2 aromatic heterocycles. The molecule has 0 saturated heterocycles. The number of amides is 1. The van der Waals surface area contributed by atoms with Crippen molar-refractivity contribution in [3.05, 3.63) is 112 Å². The van der Waals surface area contributed by atoms with Crippen LogP contribution in [-0.4, -0.2) is 20.3 Å². The van der Waals surface area contributed by atoms with E-state index in [1.165, 1.54) is 0 Å². The summed E-state index contributed by atoms with van der Waals surface area (Å²) < 4.78 is 3.45. The molecular weight excluding hydrogens is 450 g/mol. The number of hydrogen-bond donors (Lipinski definition) is 2. The number of pyridine rings is 1. The second-order valence-corrected chi connectivity index (χ2v) is 8.57. The Morgan fingerprint density at radius 2 is 1.53 bits per heavy atom. The van der Waals surface area contributed by atoms with E-state index in [1.807, 2.05) is 91.4 Å². The average Bonchev–Trinajstić information content (AvgIpc) is 3.12. The monoisotopic (exact) mass is 477 g/mol. The Morgan fingerprint density at radius 3 is 2.22 bits per heavy atom. The lowest BCUT2D eigenvalue weighted by atomic mass is 10.0. The van der Waals surface area contributed by atoms with Crippen molar-refractivity contribution in [3.63, 3.8) is 0 Å². The molecule has 2 N–H and O–H groups in total. The van der Waals surface area contributed by atoms with Gasteiger partial charge in [0.05, 0.1) is 22.6 Å². The van der Waals surface area contributed by atoms with Crippen molar-refractivity contribution in [2.24, 2.45) is 7.05 Å². The lowest BCUT2D eigenvalue weighted by Gasteiger charge is -2.18. The van der Waals surface area contributed by atoms with Crippen LogP contribution >= 0.6 is 0 Å². The van der Waals surface area contributed by atoms with Gasteiger partial charge in [0.2, 0.25) is 0 Å². The fraction of sp³-hybridized carbons (Fsp3) is 0.138. The summed E-state index contributed by atoms with van der Waals surface area (Å²) in [6.45, 7) is 3.95. The van der Waals surface area contributed by atoms with Crippen LogP contribution in [0.4, 0.5) is 17.2 Å². The van der Waals surface area contributed by atoms with Crippen molar-refractivity contribution in [2.45, 2.75) is 20.3 Å². The number of nitrogens with one attached hydrogen (secondary N) is 2. The topological polar surface area (TPSA) is 81.0 Å². The number of para-hydroxylation sites is 2. The van der Waals surface area contributed by atoms with Crippen LogP contribution in [0.5, 0.6) is 0 Å². The molecule has 0 radical (unpaired) electrons. The van der Waals surface area contributed by atoms with Crippen LogP contribution in [0, 0.1) is 6.92 Å². The average molecular weight is 478 g/mol. The van der Waals surface area contributed by atoms with Gasteiger partial charge in [-0.2, -0.15) is 0 Å². The van der Waals surface area contributed by atoms with E-state index in [0.717, 1.165) is 27.8 Å². The van der Waals surface area contributed by atoms with Gasteiger partial charge in [0.25, 0.3) is 11.5 Å². The molecule has 7 heteroatoms. The number of benzene rings is 3. The maximum absolute atomic E-state index is 13.6. The summed E-state index contributed by atoms with van der Waals surface area (Å²) in [7, 11) is 1.85. The number of fused-ring (bicyclic) bond motifs is 1. The van der Waals surface area contributed by atoms with Gasteiger partial charge in [0.1, 0.15) is 5.69 Å². The molecule has 0 fully saturated rings. The lowest BCUT2D eigenvalue weighted by molar-refractivity contribution is 0.102. The quantitative estimate of drug-likeness (QED) is 0.334. The minimum atomic E-state index is -0.269. The highest BCUT2D eigenvalue weighted by atomic mass is 16.2. The van der Waals surface area contributed by atoms with E-state index >= 15 is 0 Å². The van der Waals surface area contributed by atoms with Gasteiger partial charge < -0.3 is 10.6 Å². The van der Waals surface area contributed by atoms with Crippen molar-refractivity contribution < 1.29 is 4.79 Å². The van der Waals surface area contributed by atoms with Crippen molar-refractivity contribution in [1.82, 2.24) is 14.3 Å².